The molecule has 136 valence electrons. The second kappa shape index (κ2) is 7.70. The van der Waals surface area contributed by atoms with Crippen molar-refractivity contribution in [2.45, 2.75) is 44.6 Å². The Bertz CT molecular complexity index is 842. The molecule has 1 saturated carbocycles. The highest BCUT2D eigenvalue weighted by Gasteiger charge is 2.22. The van der Waals surface area contributed by atoms with E-state index in [-0.39, 0.29) is 5.56 Å². The molecule has 1 aliphatic heterocycles. The lowest BCUT2D eigenvalue weighted by atomic mass is 9.84. The Labute approximate surface area is 156 Å². The van der Waals surface area contributed by atoms with E-state index >= 15 is 0 Å². The summed E-state index contributed by atoms with van der Waals surface area (Å²) < 4.78 is 7.69. The van der Waals surface area contributed by atoms with Crippen molar-refractivity contribution in [3.05, 3.63) is 26.1 Å². The van der Waals surface area contributed by atoms with Gasteiger partial charge in [0.2, 0.25) is 0 Å². The van der Waals surface area contributed by atoms with Crippen molar-refractivity contribution < 1.29 is 4.74 Å². The maximum Gasteiger partial charge on any atom is 0.263 e. The zero-order valence-corrected chi connectivity index (χ0v) is 16.1. The van der Waals surface area contributed by atoms with Gasteiger partial charge in [-0.05, 0) is 41.9 Å². The van der Waals surface area contributed by atoms with Gasteiger partial charge in [0.15, 0.2) is 4.77 Å². The summed E-state index contributed by atoms with van der Waals surface area (Å²) in [5.74, 6) is 0.535. The Kier molecular flexibility index (Phi) is 5.36. The van der Waals surface area contributed by atoms with Crippen LogP contribution in [-0.2, 0) is 11.3 Å². The van der Waals surface area contributed by atoms with Crippen LogP contribution in [0, 0.1) is 4.77 Å². The van der Waals surface area contributed by atoms with E-state index in [1.807, 2.05) is 0 Å². The van der Waals surface area contributed by atoms with Crippen LogP contribution < -0.4 is 5.56 Å². The quantitative estimate of drug-likeness (QED) is 0.826. The lowest BCUT2D eigenvalue weighted by molar-refractivity contribution is 0.0362. The van der Waals surface area contributed by atoms with Crippen LogP contribution in [0.25, 0.3) is 10.2 Å². The topological polar surface area (TPSA) is 50.3 Å². The van der Waals surface area contributed by atoms with Crippen LogP contribution in [0.2, 0.25) is 0 Å². The summed E-state index contributed by atoms with van der Waals surface area (Å²) in [4.78, 5) is 19.8. The first-order valence-corrected chi connectivity index (χ1v) is 10.6. The minimum absolute atomic E-state index is 0.0915. The first kappa shape index (κ1) is 17.4. The zero-order chi connectivity index (χ0) is 17.2. The third-order valence-electron chi connectivity index (χ3n) is 5.53. The van der Waals surface area contributed by atoms with Crippen LogP contribution in [0.15, 0.2) is 10.2 Å². The normalized spacial score (nSPS) is 20.3. The fraction of sp³-hybridized carbons (Fsp3) is 0.667. The number of hydrogen-bond donors (Lipinski definition) is 1. The number of fused-ring (bicyclic) bond motifs is 1. The standard InChI is InChI=1S/C18H25N3O2S2/c22-17-15-14(13-4-2-1-3-5-13)12-25-16(15)19-18(24)21(17)7-6-20-8-10-23-11-9-20/h12-13H,1-11H2,(H,19,24). The van der Waals surface area contributed by atoms with E-state index < -0.39 is 0 Å². The van der Waals surface area contributed by atoms with E-state index in [4.69, 9.17) is 17.0 Å². The average Bonchev–Trinajstić information content (AvgIpc) is 3.07. The molecule has 0 spiro atoms. The molecule has 2 aromatic heterocycles. The van der Waals surface area contributed by atoms with Crippen LogP contribution in [0.3, 0.4) is 0 Å². The average molecular weight is 380 g/mol. The summed E-state index contributed by atoms with van der Waals surface area (Å²) in [6.45, 7) is 4.89. The molecule has 2 aromatic rings. The molecule has 1 saturated heterocycles. The molecule has 1 N–H and O–H groups in total. The molecular formula is C18H25N3O2S2. The summed E-state index contributed by atoms with van der Waals surface area (Å²) in [6.07, 6.45) is 6.28. The van der Waals surface area contributed by atoms with Gasteiger partial charge < -0.3 is 9.72 Å². The zero-order valence-electron chi connectivity index (χ0n) is 14.5. The van der Waals surface area contributed by atoms with Crippen LogP contribution in [-0.4, -0.2) is 47.3 Å². The number of hydrogen-bond acceptors (Lipinski definition) is 5. The molecule has 7 heteroatoms. The van der Waals surface area contributed by atoms with Crippen molar-refractivity contribution in [3.8, 4) is 0 Å². The Hall–Kier alpha value is -1.02. The highest BCUT2D eigenvalue weighted by molar-refractivity contribution is 7.71. The first-order valence-electron chi connectivity index (χ1n) is 9.28. The Morgan fingerprint density at radius 2 is 1.96 bits per heavy atom. The molecule has 2 fully saturated rings. The molecule has 4 rings (SSSR count). The van der Waals surface area contributed by atoms with Crippen LogP contribution in [0.5, 0.6) is 0 Å². The molecule has 1 aliphatic carbocycles. The number of aromatic nitrogens is 2. The molecule has 0 radical (unpaired) electrons. The van der Waals surface area contributed by atoms with Gasteiger partial charge >= 0.3 is 0 Å². The maximum absolute atomic E-state index is 13.2. The summed E-state index contributed by atoms with van der Waals surface area (Å²) in [5, 5.41) is 3.06. The van der Waals surface area contributed by atoms with Crippen molar-refractivity contribution in [3.63, 3.8) is 0 Å². The van der Waals surface area contributed by atoms with Gasteiger partial charge in [-0.2, -0.15) is 0 Å². The SMILES string of the molecule is O=c1c2c(C3CCCCC3)csc2[nH]c(=S)n1CCN1CCOCC1. The predicted octanol–water partition coefficient (Wildman–Crippen LogP) is 3.50. The molecule has 0 aromatic carbocycles. The van der Waals surface area contributed by atoms with E-state index in [1.54, 1.807) is 15.9 Å². The van der Waals surface area contributed by atoms with Gasteiger partial charge in [-0.3, -0.25) is 14.3 Å². The van der Waals surface area contributed by atoms with Gasteiger partial charge in [-0.25, -0.2) is 0 Å². The van der Waals surface area contributed by atoms with Crippen molar-refractivity contribution in [2.24, 2.45) is 0 Å². The highest BCUT2D eigenvalue weighted by Crippen LogP contribution is 2.37. The number of thiophene rings is 1. The minimum atomic E-state index is 0.0915. The third-order valence-corrected chi connectivity index (χ3v) is 6.77. The van der Waals surface area contributed by atoms with Gasteiger partial charge in [0, 0.05) is 26.2 Å². The third kappa shape index (κ3) is 3.60. The van der Waals surface area contributed by atoms with Crippen molar-refractivity contribution in [1.29, 1.82) is 0 Å². The van der Waals surface area contributed by atoms with E-state index in [9.17, 15) is 4.79 Å². The molecular weight excluding hydrogens is 354 g/mol. The van der Waals surface area contributed by atoms with E-state index in [2.05, 4.69) is 15.3 Å². The highest BCUT2D eigenvalue weighted by atomic mass is 32.1. The molecule has 0 bridgehead atoms. The smallest absolute Gasteiger partial charge is 0.263 e. The van der Waals surface area contributed by atoms with Crippen LogP contribution in [0.4, 0.5) is 0 Å². The number of rotatable bonds is 4. The Balaban J connectivity index is 1.64. The largest absolute Gasteiger partial charge is 0.379 e. The number of morpholine rings is 1. The summed E-state index contributed by atoms with van der Waals surface area (Å²) >= 11 is 7.10. The van der Waals surface area contributed by atoms with E-state index in [0.717, 1.165) is 43.1 Å². The number of nitrogens with one attached hydrogen (secondary N) is 1. The number of H-pyrrole nitrogens is 1. The van der Waals surface area contributed by atoms with Gasteiger partial charge in [-0.15, -0.1) is 11.3 Å². The molecule has 25 heavy (non-hydrogen) atoms. The van der Waals surface area contributed by atoms with E-state index in [0.29, 0.717) is 17.2 Å². The molecule has 0 atom stereocenters. The Morgan fingerprint density at radius 1 is 1.20 bits per heavy atom. The second-order valence-electron chi connectivity index (χ2n) is 7.07. The maximum atomic E-state index is 13.2. The van der Waals surface area contributed by atoms with Gasteiger partial charge in [0.1, 0.15) is 4.83 Å². The van der Waals surface area contributed by atoms with Crippen molar-refractivity contribution in [1.82, 2.24) is 14.5 Å². The number of aromatic amines is 1. The molecule has 5 nitrogen and oxygen atoms in total. The van der Waals surface area contributed by atoms with Gasteiger partial charge in [-0.1, -0.05) is 19.3 Å². The molecule has 0 unspecified atom stereocenters. The number of ether oxygens (including phenoxy) is 1. The van der Waals surface area contributed by atoms with Crippen LogP contribution in [0.1, 0.15) is 43.6 Å². The fourth-order valence-corrected chi connectivity index (χ4v) is 5.43. The van der Waals surface area contributed by atoms with E-state index in [1.165, 1.54) is 37.7 Å². The Morgan fingerprint density at radius 3 is 2.72 bits per heavy atom. The second-order valence-corrected chi connectivity index (χ2v) is 8.34. The fourth-order valence-electron chi connectivity index (χ4n) is 4.06. The van der Waals surface area contributed by atoms with Crippen LogP contribution >= 0.6 is 23.6 Å². The van der Waals surface area contributed by atoms with Crippen molar-refractivity contribution >= 4 is 33.8 Å². The lowest BCUT2D eigenvalue weighted by Gasteiger charge is -2.26. The summed E-state index contributed by atoms with van der Waals surface area (Å²) in [7, 11) is 0. The van der Waals surface area contributed by atoms with Gasteiger partial charge in [0.05, 0.1) is 18.6 Å². The molecule has 0 amide bonds. The summed E-state index contributed by atoms with van der Waals surface area (Å²) in [6, 6.07) is 0. The number of nitrogens with zero attached hydrogens (tertiary/aromatic N) is 2. The first-order chi connectivity index (χ1) is 12.2. The molecule has 3 heterocycles. The predicted molar refractivity (Wildman–Crippen MR) is 104 cm³/mol. The van der Waals surface area contributed by atoms with Crippen molar-refractivity contribution in [2.75, 3.05) is 32.8 Å². The van der Waals surface area contributed by atoms with Gasteiger partial charge in [0.25, 0.3) is 5.56 Å². The monoisotopic (exact) mass is 379 g/mol. The molecule has 2 aliphatic rings. The minimum Gasteiger partial charge on any atom is -0.379 e. The lowest BCUT2D eigenvalue weighted by Crippen LogP contribution is -2.39. The summed E-state index contributed by atoms with van der Waals surface area (Å²) in [5.41, 5.74) is 1.34.